The number of alkyl halides is 1. The van der Waals surface area contributed by atoms with Gasteiger partial charge in [0.05, 0.1) is 0 Å². The lowest BCUT2D eigenvalue weighted by Gasteiger charge is -1.90. The Labute approximate surface area is 62.2 Å². The largest absolute Gasteiger partial charge is 0.133 e. The number of hydrogen-bond acceptors (Lipinski definition) is 0. The van der Waals surface area contributed by atoms with Gasteiger partial charge in [0.2, 0.25) is 0 Å². The zero-order valence-corrected chi connectivity index (χ0v) is 6.45. The molecule has 0 saturated carbocycles. The van der Waals surface area contributed by atoms with Crippen LogP contribution in [0.15, 0.2) is 18.4 Å². The van der Waals surface area contributed by atoms with Gasteiger partial charge in [0.15, 0.2) is 0 Å². The van der Waals surface area contributed by atoms with Crippen LogP contribution in [0, 0.1) is 0 Å². The van der Waals surface area contributed by atoms with Crippen LogP contribution >= 0.6 is 11.6 Å². The van der Waals surface area contributed by atoms with Gasteiger partial charge in [-0.05, 0) is 25.3 Å². The van der Waals surface area contributed by atoms with Crippen LogP contribution in [0.3, 0.4) is 0 Å². The van der Waals surface area contributed by atoms with E-state index in [1.807, 2.05) is 6.08 Å². The average Bonchev–Trinajstić information content (AvgIpc) is 1.89. The number of unbranched alkanes of at least 4 members (excludes halogenated alkanes) is 3. The van der Waals surface area contributed by atoms with Crippen molar-refractivity contribution >= 4 is 11.6 Å². The summed E-state index contributed by atoms with van der Waals surface area (Å²) in [6.45, 7) is 3.47. The molecule has 0 aromatic rings. The fourth-order valence-corrected chi connectivity index (χ4v) is 0.809. The quantitative estimate of drug-likeness (QED) is 0.316. The number of allylic oxidation sites excluding steroid dienone is 1. The average molecular weight is 145 g/mol. The van der Waals surface area contributed by atoms with Crippen LogP contribution < -0.4 is 0 Å². The molecule has 0 aliphatic rings. The van der Waals surface area contributed by atoms with Gasteiger partial charge in [-0.15, -0.1) is 17.3 Å². The van der Waals surface area contributed by atoms with Crippen molar-refractivity contribution in [2.24, 2.45) is 0 Å². The first-order valence-corrected chi connectivity index (χ1v) is 3.85. The van der Waals surface area contributed by atoms with Crippen molar-refractivity contribution in [3.8, 4) is 0 Å². The molecule has 0 saturated heterocycles. The third kappa shape index (κ3) is 7.81. The summed E-state index contributed by atoms with van der Waals surface area (Å²) in [5.41, 5.74) is 2.74. The van der Waals surface area contributed by atoms with Crippen molar-refractivity contribution in [1.82, 2.24) is 0 Å². The second-order valence-electron chi connectivity index (χ2n) is 1.95. The highest BCUT2D eigenvalue weighted by Crippen LogP contribution is 2.00. The SMILES string of the molecule is C=C=CCCCCCCl. The van der Waals surface area contributed by atoms with E-state index < -0.39 is 0 Å². The van der Waals surface area contributed by atoms with E-state index in [1.165, 1.54) is 12.8 Å². The summed E-state index contributed by atoms with van der Waals surface area (Å²) >= 11 is 5.48. The van der Waals surface area contributed by atoms with E-state index in [1.54, 1.807) is 0 Å². The molecular weight excluding hydrogens is 132 g/mol. The lowest BCUT2D eigenvalue weighted by molar-refractivity contribution is 0.733. The normalized spacial score (nSPS) is 8.56. The molecule has 0 amide bonds. The Bertz CT molecular complexity index is 90.7. The van der Waals surface area contributed by atoms with Gasteiger partial charge >= 0.3 is 0 Å². The summed E-state index contributed by atoms with van der Waals surface area (Å²) in [7, 11) is 0. The minimum absolute atomic E-state index is 0.789. The van der Waals surface area contributed by atoms with Crippen molar-refractivity contribution in [2.45, 2.75) is 25.7 Å². The molecule has 0 aromatic heterocycles. The summed E-state index contributed by atoms with van der Waals surface area (Å²) in [5.74, 6) is 0.789. The number of rotatable bonds is 5. The molecule has 0 unspecified atom stereocenters. The summed E-state index contributed by atoms with van der Waals surface area (Å²) in [5, 5.41) is 0. The molecule has 0 aliphatic carbocycles. The Morgan fingerprint density at radius 1 is 1.33 bits per heavy atom. The maximum atomic E-state index is 5.48. The topological polar surface area (TPSA) is 0 Å². The highest BCUT2D eigenvalue weighted by molar-refractivity contribution is 6.17. The van der Waals surface area contributed by atoms with Gasteiger partial charge in [0.25, 0.3) is 0 Å². The maximum Gasteiger partial charge on any atom is 0.0223 e. The maximum absolute atomic E-state index is 5.48. The van der Waals surface area contributed by atoms with E-state index in [0.29, 0.717) is 0 Å². The molecule has 0 heterocycles. The molecular formula is C8H13Cl. The van der Waals surface area contributed by atoms with Gasteiger partial charge in [-0.2, -0.15) is 0 Å². The second-order valence-corrected chi connectivity index (χ2v) is 2.32. The molecule has 52 valence electrons. The van der Waals surface area contributed by atoms with Gasteiger partial charge in [-0.25, -0.2) is 0 Å². The smallest absolute Gasteiger partial charge is 0.0223 e. The van der Waals surface area contributed by atoms with E-state index in [4.69, 9.17) is 11.6 Å². The Morgan fingerprint density at radius 2 is 2.11 bits per heavy atom. The summed E-state index contributed by atoms with van der Waals surface area (Å²) in [4.78, 5) is 0. The molecule has 1 heteroatoms. The molecule has 0 spiro atoms. The van der Waals surface area contributed by atoms with Crippen molar-refractivity contribution in [3.63, 3.8) is 0 Å². The lowest BCUT2D eigenvalue weighted by atomic mass is 10.2. The van der Waals surface area contributed by atoms with E-state index in [2.05, 4.69) is 12.3 Å². The molecule has 0 radical (unpaired) electrons. The van der Waals surface area contributed by atoms with Gasteiger partial charge < -0.3 is 0 Å². The van der Waals surface area contributed by atoms with Crippen LogP contribution in [-0.2, 0) is 0 Å². The minimum Gasteiger partial charge on any atom is -0.133 e. The van der Waals surface area contributed by atoms with Crippen LogP contribution in [0.5, 0.6) is 0 Å². The predicted octanol–water partition coefficient (Wildman–Crippen LogP) is 3.13. The molecule has 9 heavy (non-hydrogen) atoms. The number of hydrogen-bond donors (Lipinski definition) is 0. The first kappa shape index (κ1) is 8.81. The van der Waals surface area contributed by atoms with Gasteiger partial charge in [-0.1, -0.05) is 13.0 Å². The van der Waals surface area contributed by atoms with Gasteiger partial charge in [-0.3, -0.25) is 0 Å². The van der Waals surface area contributed by atoms with E-state index >= 15 is 0 Å². The zero-order valence-electron chi connectivity index (χ0n) is 5.70. The Balaban J connectivity index is 2.82. The first-order valence-electron chi connectivity index (χ1n) is 3.32. The van der Waals surface area contributed by atoms with Crippen LogP contribution in [0.4, 0.5) is 0 Å². The Kier molecular flexibility index (Phi) is 7.65. The predicted molar refractivity (Wildman–Crippen MR) is 42.9 cm³/mol. The van der Waals surface area contributed by atoms with Crippen LogP contribution in [0.25, 0.3) is 0 Å². The van der Waals surface area contributed by atoms with E-state index in [9.17, 15) is 0 Å². The van der Waals surface area contributed by atoms with Crippen molar-refractivity contribution < 1.29 is 0 Å². The second kappa shape index (κ2) is 7.81. The van der Waals surface area contributed by atoms with Crippen molar-refractivity contribution in [3.05, 3.63) is 18.4 Å². The molecule has 0 fully saturated rings. The molecule has 0 aromatic carbocycles. The van der Waals surface area contributed by atoms with Gasteiger partial charge in [0.1, 0.15) is 0 Å². The monoisotopic (exact) mass is 144 g/mol. The highest BCUT2D eigenvalue weighted by atomic mass is 35.5. The summed E-state index contributed by atoms with van der Waals surface area (Å²) < 4.78 is 0. The standard InChI is InChI=1S/C8H13Cl/c1-2-3-4-5-6-7-8-9/h3H,1,4-8H2. The third-order valence-corrected chi connectivity index (χ3v) is 1.39. The minimum atomic E-state index is 0.789. The fraction of sp³-hybridized carbons (Fsp3) is 0.625. The van der Waals surface area contributed by atoms with Crippen LogP contribution in [-0.4, -0.2) is 5.88 Å². The number of halogens is 1. The fourth-order valence-electron chi connectivity index (χ4n) is 0.620. The molecule has 0 rings (SSSR count). The Morgan fingerprint density at radius 3 is 2.67 bits per heavy atom. The third-order valence-electron chi connectivity index (χ3n) is 1.13. The van der Waals surface area contributed by atoms with Crippen molar-refractivity contribution in [2.75, 3.05) is 5.88 Å². The molecule has 0 N–H and O–H groups in total. The van der Waals surface area contributed by atoms with E-state index in [-0.39, 0.29) is 0 Å². The summed E-state index contributed by atoms with van der Waals surface area (Å²) in [6, 6.07) is 0. The molecule has 0 aliphatic heterocycles. The Hall–Kier alpha value is -0.190. The molecule has 0 bridgehead atoms. The van der Waals surface area contributed by atoms with Gasteiger partial charge in [0, 0.05) is 5.88 Å². The highest BCUT2D eigenvalue weighted by Gasteiger charge is 1.83. The summed E-state index contributed by atoms with van der Waals surface area (Å²) in [6.07, 6.45) is 6.64. The first-order chi connectivity index (χ1) is 4.41. The molecule has 0 atom stereocenters. The van der Waals surface area contributed by atoms with E-state index in [0.717, 1.165) is 18.7 Å². The van der Waals surface area contributed by atoms with Crippen LogP contribution in [0.1, 0.15) is 25.7 Å². The van der Waals surface area contributed by atoms with Crippen LogP contribution in [0.2, 0.25) is 0 Å². The van der Waals surface area contributed by atoms with Crippen molar-refractivity contribution in [1.29, 1.82) is 0 Å². The molecule has 0 nitrogen and oxygen atoms in total. The zero-order chi connectivity index (χ0) is 6.95. The lowest BCUT2D eigenvalue weighted by Crippen LogP contribution is -1.75.